The van der Waals surface area contributed by atoms with E-state index in [0.29, 0.717) is 17.0 Å². The van der Waals surface area contributed by atoms with Crippen molar-refractivity contribution < 1.29 is 4.39 Å². The molecule has 0 heterocycles. The summed E-state index contributed by atoms with van der Waals surface area (Å²) < 4.78 is 15.6. The highest BCUT2D eigenvalue weighted by Crippen LogP contribution is 2.28. The molecular weight excluding hydrogens is 410 g/mol. The number of benzene rings is 2. The van der Waals surface area contributed by atoms with Crippen molar-refractivity contribution in [2.45, 2.75) is 12.5 Å². The largest absolute Gasteiger partial charge is 0.271 e. The van der Waals surface area contributed by atoms with Gasteiger partial charge >= 0.3 is 0 Å². The van der Waals surface area contributed by atoms with Gasteiger partial charge < -0.3 is 0 Å². The maximum atomic E-state index is 13.9. The van der Waals surface area contributed by atoms with Gasteiger partial charge in [-0.15, -0.1) is 0 Å². The molecule has 1 unspecified atom stereocenters. The van der Waals surface area contributed by atoms with Gasteiger partial charge in [0.15, 0.2) is 0 Å². The summed E-state index contributed by atoms with van der Waals surface area (Å²) in [6, 6.07) is 10.0. The Bertz CT molecular complexity index is 622. The first-order chi connectivity index (χ1) is 9.51. The third-order valence-electron chi connectivity index (χ3n) is 2.97. The minimum Gasteiger partial charge on any atom is -0.271 e. The van der Waals surface area contributed by atoms with E-state index in [1.54, 1.807) is 12.1 Å². The summed E-state index contributed by atoms with van der Waals surface area (Å²) in [5, 5.41) is 0.620. The van der Waals surface area contributed by atoms with E-state index in [4.69, 9.17) is 17.4 Å². The lowest BCUT2D eigenvalue weighted by molar-refractivity contribution is 0.510. The molecule has 0 amide bonds. The number of hydrazine groups is 1. The Morgan fingerprint density at radius 3 is 2.45 bits per heavy atom. The third kappa shape index (κ3) is 3.80. The van der Waals surface area contributed by atoms with Crippen LogP contribution in [0.25, 0.3) is 0 Å². The molecule has 2 nitrogen and oxygen atoms in total. The predicted molar refractivity (Wildman–Crippen MR) is 87.0 cm³/mol. The highest BCUT2D eigenvalue weighted by Gasteiger charge is 2.17. The Morgan fingerprint density at radius 2 is 1.80 bits per heavy atom. The molecule has 0 spiro atoms. The minimum absolute atomic E-state index is 0.301. The van der Waals surface area contributed by atoms with Crippen molar-refractivity contribution in [3.05, 3.63) is 67.3 Å². The molecule has 6 heteroatoms. The zero-order valence-electron chi connectivity index (χ0n) is 10.3. The first-order valence-corrected chi connectivity index (χ1v) is 7.82. The second-order valence-corrected chi connectivity index (χ2v) is 6.56. The second kappa shape index (κ2) is 7.00. The van der Waals surface area contributed by atoms with E-state index in [-0.39, 0.29) is 11.9 Å². The van der Waals surface area contributed by atoms with Crippen LogP contribution in [0.4, 0.5) is 4.39 Å². The molecule has 0 fully saturated rings. The molecule has 0 saturated carbocycles. The molecule has 106 valence electrons. The van der Waals surface area contributed by atoms with Crippen molar-refractivity contribution in [1.82, 2.24) is 5.43 Å². The van der Waals surface area contributed by atoms with E-state index in [9.17, 15) is 4.39 Å². The first-order valence-electron chi connectivity index (χ1n) is 5.86. The minimum atomic E-state index is -0.355. The number of halogens is 4. The van der Waals surface area contributed by atoms with E-state index < -0.39 is 0 Å². The van der Waals surface area contributed by atoms with Crippen molar-refractivity contribution in [3.8, 4) is 0 Å². The first kappa shape index (κ1) is 15.9. The molecule has 2 aromatic carbocycles. The predicted octanol–water partition coefficient (Wildman–Crippen LogP) is 4.75. The Morgan fingerprint density at radius 1 is 1.15 bits per heavy atom. The van der Waals surface area contributed by atoms with Crippen LogP contribution < -0.4 is 11.3 Å². The van der Waals surface area contributed by atoms with Crippen molar-refractivity contribution in [2.24, 2.45) is 5.84 Å². The van der Waals surface area contributed by atoms with Crippen molar-refractivity contribution in [1.29, 1.82) is 0 Å². The molecular formula is C14H12Br2ClFN2. The number of rotatable bonds is 4. The van der Waals surface area contributed by atoms with Crippen LogP contribution >= 0.6 is 43.5 Å². The SMILES string of the molecule is NNC(Cc1ccc(Br)cc1Cl)c1cc(Br)ccc1F. The zero-order chi connectivity index (χ0) is 14.7. The molecule has 0 aliphatic heterocycles. The van der Waals surface area contributed by atoms with Gasteiger partial charge in [-0.25, -0.2) is 4.39 Å². The van der Waals surface area contributed by atoms with Crippen LogP contribution in [0, 0.1) is 5.82 Å². The van der Waals surface area contributed by atoms with Crippen molar-refractivity contribution >= 4 is 43.5 Å². The van der Waals surface area contributed by atoms with Crippen LogP contribution in [-0.4, -0.2) is 0 Å². The molecule has 3 N–H and O–H groups in total. The molecule has 1 atom stereocenters. The second-order valence-electron chi connectivity index (χ2n) is 4.32. The summed E-state index contributed by atoms with van der Waals surface area (Å²) in [6.45, 7) is 0. The topological polar surface area (TPSA) is 38.0 Å². The monoisotopic (exact) mass is 420 g/mol. The standard InChI is InChI=1S/C14H12Br2ClFN2/c15-9-3-4-13(18)11(6-9)14(20-19)5-8-1-2-10(16)7-12(8)17/h1-4,6-7,14,20H,5,19H2. The molecule has 0 aliphatic rings. The fourth-order valence-electron chi connectivity index (χ4n) is 1.95. The number of nitrogens with one attached hydrogen (secondary N) is 1. The van der Waals surface area contributed by atoms with Crippen LogP contribution in [-0.2, 0) is 6.42 Å². The number of hydrogen-bond donors (Lipinski definition) is 2. The summed E-state index contributed by atoms with van der Waals surface area (Å²) in [7, 11) is 0. The smallest absolute Gasteiger partial charge is 0.128 e. The van der Waals surface area contributed by atoms with Gasteiger partial charge in [0.2, 0.25) is 0 Å². The van der Waals surface area contributed by atoms with Crippen molar-refractivity contribution in [3.63, 3.8) is 0 Å². The van der Waals surface area contributed by atoms with E-state index in [1.165, 1.54) is 6.07 Å². The van der Waals surface area contributed by atoms with E-state index in [1.807, 2.05) is 18.2 Å². The summed E-state index contributed by atoms with van der Waals surface area (Å²) in [5.41, 5.74) is 4.05. The quantitative estimate of drug-likeness (QED) is 0.551. The van der Waals surface area contributed by atoms with Crippen LogP contribution in [0.3, 0.4) is 0 Å². The molecule has 0 bridgehead atoms. The zero-order valence-corrected chi connectivity index (χ0v) is 14.3. The molecule has 0 saturated heterocycles. The third-order valence-corrected chi connectivity index (χ3v) is 4.31. The summed E-state index contributed by atoms with van der Waals surface area (Å²) in [4.78, 5) is 0. The van der Waals surface area contributed by atoms with Gasteiger partial charge in [-0.05, 0) is 42.3 Å². The summed E-state index contributed by atoms with van der Waals surface area (Å²) >= 11 is 12.9. The molecule has 2 rings (SSSR count). The number of nitrogens with two attached hydrogens (primary N) is 1. The van der Waals surface area contributed by atoms with E-state index in [0.717, 1.165) is 14.5 Å². The van der Waals surface area contributed by atoms with Gasteiger partial charge in [-0.3, -0.25) is 11.3 Å². The highest BCUT2D eigenvalue weighted by atomic mass is 79.9. The Kier molecular flexibility index (Phi) is 5.57. The van der Waals surface area contributed by atoms with Gasteiger partial charge in [-0.1, -0.05) is 49.5 Å². The molecule has 20 heavy (non-hydrogen) atoms. The molecule has 0 aliphatic carbocycles. The van der Waals surface area contributed by atoms with Crippen LogP contribution in [0.5, 0.6) is 0 Å². The Balaban J connectivity index is 2.31. The lowest BCUT2D eigenvalue weighted by Crippen LogP contribution is -2.30. The van der Waals surface area contributed by atoms with Gasteiger partial charge in [0.1, 0.15) is 5.82 Å². The summed E-state index contributed by atoms with van der Waals surface area (Å²) in [5.74, 6) is 5.27. The molecule has 2 aromatic rings. The van der Waals surface area contributed by atoms with Gasteiger partial charge in [-0.2, -0.15) is 0 Å². The van der Waals surface area contributed by atoms with Crippen LogP contribution in [0.1, 0.15) is 17.2 Å². The number of hydrogen-bond acceptors (Lipinski definition) is 2. The van der Waals surface area contributed by atoms with Gasteiger partial charge in [0.05, 0.1) is 6.04 Å². The maximum Gasteiger partial charge on any atom is 0.128 e. The Labute approximate surface area is 138 Å². The molecule has 0 aromatic heterocycles. The van der Waals surface area contributed by atoms with E-state index in [2.05, 4.69) is 37.3 Å². The van der Waals surface area contributed by atoms with Gasteiger partial charge in [0.25, 0.3) is 0 Å². The molecule has 0 radical (unpaired) electrons. The maximum absolute atomic E-state index is 13.9. The fraction of sp³-hybridized carbons (Fsp3) is 0.143. The lowest BCUT2D eigenvalue weighted by Gasteiger charge is -2.18. The van der Waals surface area contributed by atoms with E-state index >= 15 is 0 Å². The fourth-order valence-corrected chi connectivity index (χ4v) is 3.08. The Hall–Kier alpha value is -0.460. The average Bonchev–Trinajstić information content (AvgIpc) is 2.41. The van der Waals surface area contributed by atoms with Gasteiger partial charge in [0, 0.05) is 19.5 Å². The highest BCUT2D eigenvalue weighted by molar-refractivity contribution is 9.10. The normalized spacial score (nSPS) is 12.4. The average molecular weight is 423 g/mol. The summed E-state index contributed by atoms with van der Waals surface area (Å²) in [6.07, 6.45) is 0.496. The van der Waals surface area contributed by atoms with Crippen LogP contribution in [0.2, 0.25) is 5.02 Å². The van der Waals surface area contributed by atoms with Crippen molar-refractivity contribution in [2.75, 3.05) is 0 Å². The lowest BCUT2D eigenvalue weighted by atomic mass is 9.99. The van der Waals surface area contributed by atoms with Crippen LogP contribution in [0.15, 0.2) is 45.3 Å².